The zero-order valence-corrected chi connectivity index (χ0v) is 12.3. The standard InChI is InChI=1S/C16H19NO4/c1-10-15(19)17-12-8-11(4-5-14(12)21-10)13(18)9-16(20-2)6-3-7-16/h4-5,8,10H,3,6-7,9H2,1-2H3,(H,17,19). The van der Waals surface area contributed by atoms with Crippen LogP contribution in [-0.4, -0.2) is 30.5 Å². The molecule has 0 aromatic heterocycles. The zero-order valence-electron chi connectivity index (χ0n) is 12.3. The summed E-state index contributed by atoms with van der Waals surface area (Å²) in [5.41, 5.74) is 0.848. The van der Waals surface area contributed by atoms with Crippen molar-refractivity contribution in [3.8, 4) is 5.75 Å². The SMILES string of the molecule is COC1(CC(=O)c2ccc3c(c2)NC(=O)C(C)O3)CCC1. The van der Waals surface area contributed by atoms with Crippen molar-refractivity contribution in [2.75, 3.05) is 12.4 Å². The highest BCUT2D eigenvalue weighted by atomic mass is 16.5. The van der Waals surface area contributed by atoms with E-state index in [4.69, 9.17) is 9.47 Å². The number of carbonyl (C=O) groups is 2. The van der Waals surface area contributed by atoms with E-state index < -0.39 is 6.10 Å². The van der Waals surface area contributed by atoms with Crippen LogP contribution in [0.5, 0.6) is 5.75 Å². The fourth-order valence-corrected chi connectivity index (χ4v) is 2.80. The van der Waals surface area contributed by atoms with Crippen molar-refractivity contribution >= 4 is 17.4 Å². The van der Waals surface area contributed by atoms with Crippen LogP contribution in [-0.2, 0) is 9.53 Å². The van der Waals surface area contributed by atoms with Gasteiger partial charge in [0.15, 0.2) is 11.9 Å². The monoisotopic (exact) mass is 289 g/mol. The van der Waals surface area contributed by atoms with Gasteiger partial charge in [0.05, 0.1) is 11.3 Å². The third-order valence-electron chi connectivity index (χ3n) is 4.41. The van der Waals surface area contributed by atoms with Crippen molar-refractivity contribution in [1.82, 2.24) is 0 Å². The van der Waals surface area contributed by atoms with Gasteiger partial charge in [-0.15, -0.1) is 0 Å². The van der Waals surface area contributed by atoms with Gasteiger partial charge in [-0.1, -0.05) is 0 Å². The third-order valence-corrected chi connectivity index (χ3v) is 4.41. The predicted octanol–water partition coefficient (Wildman–Crippen LogP) is 2.55. The largest absolute Gasteiger partial charge is 0.479 e. The maximum atomic E-state index is 12.4. The Balaban J connectivity index is 1.79. The van der Waals surface area contributed by atoms with Crippen LogP contribution in [0.1, 0.15) is 43.0 Å². The maximum Gasteiger partial charge on any atom is 0.265 e. The molecule has 1 heterocycles. The van der Waals surface area contributed by atoms with Crippen LogP contribution >= 0.6 is 0 Å². The summed E-state index contributed by atoms with van der Waals surface area (Å²) >= 11 is 0. The predicted molar refractivity (Wildman–Crippen MR) is 77.7 cm³/mol. The first kappa shape index (κ1) is 14.1. The number of benzene rings is 1. The number of ether oxygens (including phenoxy) is 2. The molecule has 1 aliphatic carbocycles. The van der Waals surface area contributed by atoms with Crippen LogP contribution in [0.4, 0.5) is 5.69 Å². The molecule has 21 heavy (non-hydrogen) atoms. The summed E-state index contributed by atoms with van der Waals surface area (Å²) in [5, 5.41) is 2.76. The number of anilines is 1. The lowest BCUT2D eigenvalue weighted by atomic mass is 9.76. The number of rotatable bonds is 4. The van der Waals surface area contributed by atoms with Gasteiger partial charge in [0.25, 0.3) is 5.91 Å². The molecule has 1 saturated carbocycles. The summed E-state index contributed by atoms with van der Waals surface area (Å²) in [6, 6.07) is 5.16. The van der Waals surface area contributed by atoms with Crippen LogP contribution in [0, 0.1) is 0 Å². The molecule has 1 unspecified atom stereocenters. The molecule has 112 valence electrons. The van der Waals surface area contributed by atoms with E-state index in [2.05, 4.69) is 5.32 Å². The second-order valence-corrected chi connectivity index (χ2v) is 5.80. The highest BCUT2D eigenvalue weighted by Crippen LogP contribution is 2.39. The molecular weight excluding hydrogens is 270 g/mol. The van der Waals surface area contributed by atoms with Crippen molar-refractivity contribution in [1.29, 1.82) is 0 Å². The number of carbonyl (C=O) groups excluding carboxylic acids is 2. The Bertz CT molecular complexity index is 586. The minimum Gasteiger partial charge on any atom is -0.479 e. The minimum atomic E-state index is -0.509. The first-order valence-corrected chi connectivity index (χ1v) is 7.23. The Morgan fingerprint density at radius 2 is 2.24 bits per heavy atom. The number of ketones is 1. The van der Waals surface area contributed by atoms with Crippen molar-refractivity contribution < 1.29 is 19.1 Å². The second-order valence-electron chi connectivity index (χ2n) is 5.80. The summed E-state index contributed by atoms with van der Waals surface area (Å²) in [7, 11) is 1.66. The van der Waals surface area contributed by atoms with Crippen molar-refractivity contribution in [2.45, 2.75) is 44.3 Å². The van der Waals surface area contributed by atoms with Gasteiger partial charge in [0, 0.05) is 19.1 Å². The van der Waals surface area contributed by atoms with Gasteiger partial charge in [-0.2, -0.15) is 0 Å². The molecule has 1 aliphatic heterocycles. The summed E-state index contributed by atoms with van der Waals surface area (Å²) in [6.07, 6.45) is 2.83. The number of hydrogen-bond donors (Lipinski definition) is 1. The number of nitrogens with one attached hydrogen (secondary N) is 1. The Kier molecular flexibility index (Phi) is 3.45. The van der Waals surface area contributed by atoms with Gasteiger partial charge < -0.3 is 14.8 Å². The van der Waals surface area contributed by atoms with E-state index in [1.165, 1.54) is 0 Å². The molecule has 1 amide bonds. The lowest BCUT2D eigenvalue weighted by Crippen LogP contribution is -2.41. The molecule has 0 bridgehead atoms. The first-order valence-electron chi connectivity index (χ1n) is 7.23. The highest BCUT2D eigenvalue weighted by Gasteiger charge is 2.39. The van der Waals surface area contributed by atoms with Gasteiger partial charge >= 0.3 is 0 Å². The van der Waals surface area contributed by atoms with Crippen LogP contribution < -0.4 is 10.1 Å². The third kappa shape index (κ3) is 2.53. The molecule has 2 aliphatic rings. The summed E-state index contributed by atoms with van der Waals surface area (Å²) in [5.74, 6) is 0.440. The maximum absolute atomic E-state index is 12.4. The Hall–Kier alpha value is -1.88. The Morgan fingerprint density at radius 3 is 2.86 bits per heavy atom. The number of methoxy groups -OCH3 is 1. The molecular formula is C16H19NO4. The zero-order chi connectivity index (χ0) is 15.0. The van der Waals surface area contributed by atoms with Gasteiger partial charge in [-0.05, 0) is 44.4 Å². The average molecular weight is 289 g/mol. The van der Waals surface area contributed by atoms with Crippen LogP contribution in [0.3, 0.4) is 0 Å². The van der Waals surface area contributed by atoms with Gasteiger partial charge in [0.1, 0.15) is 5.75 Å². The lowest BCUT2D eigenvalue weighted by molar-refractivity contribution is -0.122. The van der Waals surface area contributed by atoms with Crippen LogP contribution in [0.2, 0.25) is 0 Å². The van der Waals surface area contributed by atoms with E-state index in [0.717, 1.165) is 19.3 Å². The summed E-state index contributed by atoms with van der Waals surface area (Å²) in [6.45, 7) is 1.69. The molecule has 0 saturated heterocycles. The summed E-state index contributed by atoms with van der Waals surface area (Å²) < 4.78 is 11.0. The number of fused-ring (bicyclic) bond motifs is 1. The quantitative estimate of drug-likeness (QED) is 0.865. The number of Topliss-reactive ketones (excluding diaryl/α,β-unsaturated/α-hetero) is 1. The molecule has 1 aromatic carbocycles. The van der Waals surface area contributed by atoms with E-state index in [1.54, 1.807) is 32.2 Å². The van der Waals surface area contributed by atoms with E-state index in [-0.39, 0.29) is 17.3 Å². The second kappa shape index (κ2) is 5.15. The van der Waals surface area contributed by atoms with Crippen LogP contribution in [0.15, 0.2) is 18.2 Å². The lowest BCUT2D eigenvalue weighted by Gasteiger charge is -2.40. The van der Waals surface area contributed by atoms with E-state index >= 15 is 0 Å². The molecule has 1 aromatic rings. The average Bonchev–Trinajstić information content (AvgIpc) is 2.43. The highest BCUT2D eigenvalue weighted by molar-refractivity contribution is 6.01. The molecule has 0 radical (unpaired) electrons. The van der Waals surface area contributed by atoms with Crippen LogP contribution in [0.25, 0.3) is 0 Å². The molecule has 5 heteroatoms. The fraction of sp³-hybridized carbons (Fsp3) is 0.500. The van der Waals surface area contributed by atoms with Gasteiger partial charge in [-0.25, -0.2) is 0 Å². The first-order chi connectivity index (χ1) is 10.0. The van der Waals surface area contributed by atoms with Gasteiger partial charge in [0.2, 0.25) is 0 Å². The minimum absolute atomic E-state index is 0.0345. The number of amides is 1. The van der Waals surface area contributed by atoms with Crippen molar-refractivity contribution in [3.05, 3.63) is 23.8 Å². The topological polar surface area (TPSA) is 64.6 Å². The molecule has 1 atom stereocenters. The van der Waals surface area contributed by atoms with E-state index in [1.807, 2.05) is 0 Å². The molecule has 5 nitrogen and oxygen atoms in total. The molecule has 1 N–H and O–H groups in total. The molecule has 0 spiro atoms. The van der Waals surface area contributed by atoms with E-state index in [9.17, 15) is 9.59 Å². The summed E-state index contributed by atoms with van der Waals surface area (Å²) in [4.78, 5) is 24.0. The Morgan fingerprint density at radius 1 is 1.48 bits per heavy atom. The normalized spacial score (nSPS) is 22.6. The van der Waals surface area contributed by atoms with Gasteiger partial charge in [-0.3, -0.25) is 9.59 Å². The Labute approximate surface area is 123 Å². The molecule has 1 fully saturated rings. The fourth-order valence-electron chi connectivity index (χ4n) is 2.80. The van der Waals surface area contributed by atoms with Crippen molar-refractivity contribution in [3.63, 3.8) is 0 Å². The number of hydrogen-bond acceptors (Lipinski definition) is 4. The molecule has 3 rings (SSSR count). The van der Waals surface area contributed by atoms with E-state index in [0.29, 0.717) is 23.4 Å². The van der Waals surface area contributed by atoms with Crippen molar-refractivity contribution in [2.24, 2.45) is 0 Å². The smallest absolute Gasteiger partial charge is 0.265 e.